The van der Waals surface area contributed by atoms with E-state index in [0.29, 0.717) is 23.4 Å². The SMILES string of the molecule is O=C(CCl)c1ccc2ccc(=O)[nH]c2c1OCc1ccccc1. The molecule has 0 aliphatic rings. The summed E-state index contributed by atoms with van der Waals surface area (Å²) in [5, 5.41) is 0.791. The number of aromatic nitrogens is 1. The molecule has 1 N–H and O–H groups in total. The number of carbonyl (C=O) groups excluding carboxylic acids is 1. The van der Waals surface area contributed by atoms with Gasteiger partial charge in [0.1, 0.15) is 6.61 Å². The molecule has 0 saturated carbocycles. The van der Waals surface area contributed by atoms with E-state index in [0.717, 1.165) is 10.9 Å². The fourth-order valence-corrected chi connectivity index (χ4v) is 2.51. The molecule has 0 atom stereocenters. The summed E-state index contributed by atoms with van der Waals surface area (Å²) in [6.45, 7) is 0.291. The highest BCUT2D eigenvalue weighted by Crippen LogP contribution is 2.29. The number of hydrogen-bond acceptors (Lipinski definition) is 3. The van der Waals surface area contributed by atoms with Crippen LogP contribution in [0.3, 0.4) is 0 Å². The Labute approximate surface area is 137 Å². The quantitative estimate of drug-likeness (QED) is 0.576. The Morgan fingerprint density at radius 2 is 1.78 bits per heavy atom. The van der Waals surface area contributed by atoms with Gasteiger partial charge in [0.15, 0.2) is 11.5 Å². The minimum absolute atomic E-state index is 0.149. The molecular formula is C18H14ClNO3. The summed E-state index contributed by atoms with van der Waals surface area (Å²) >= 11 is 5.68. The second-order valence-electron chi connectivity index (χ2n) is 5.06. The predicted molar refractivity (Wildman–Crippen MR) is 90.4 cm³/mol. The lowest BCUT2D eigenvalue weighted by atomic mass is 10.1. The van der Waals surface area contributed by atoms with Crippen molar-refractivity contribution in [2.75, 3.05) is 5.88 Å². The summed E-state index contributed by atoms with van der Waals surface area (Å²) in [6.07, 6.45) is 0. The number of alkyl halides is 1. The smallest absolute Gasteiger partial charge is 0.248 e. The third-order valence-corrected chi connectivity index (χ3v) is 3.74. The van der Waals surface area contributed by atoms with Crippen molar-refractivity contribution < 1.29 is 9.53 Å². The highest BCUT2D eigenvalue weighted by atomic mass is 35.5. The van der Waals surface area contributed by atoms with Crippen molar-refractivity contribution >= 4 is 28.3 Å². The largest absolute Gasteiger partial charge is 0.486 e. The molecule has 3 aromatic rings. The first-order chi connectivity index (χ1) is 11.2. The van der Waals surface area contributed by atoms with Crippen LogP contribution in [0.25, 0.3) is 10.9 Å². The molecule has 116 valence electrons. The third-order valence-electron chi connectivity index (χ3n) is 3.50. The Balaban J connectivity index is 2.08. The van der Waals surface area contributed by atoms with Crippen molar-refractivity contribution in [1.29, 1.82) is 0 Å². The number of aromatic amines is 1. The summed E-state index contributed by atoms with van der Waals surface area (Å²) in [5.41, 5.74) is 1.58. The number of nitrogens with one attached hydrogen (secondary N) is 1. The molecule has 4 nitrogen and oxygen atoms in total. The topological polar surface area (TPSA) is 59.2 Å². The van der Waals surface area contributed by atoms with Crippen LogP contribution in [0.15, 0.2) is 59.4 Å². The van der Waals surface area contributed by atoms with Gasteiger partial charge in [0, 0.05) is 11.5 Å². The molecule has 0 radical (unpaired) electrons. The molecule has 23 heavy (non-hydrogen) atoms. The molecule has 5 heteroatoms. The molecule has 1 heterocycles. The number of halogens is 1. The number of ketones is 1. The van der Waals surface area contributed by atoms with E-state index in [1.54, 1.807) is 18.2 Å². The minimum Gasteiger partial charge on any atom is -0.486 e. The van der Waals surface area contributed by atoms with Crippen LogP contribution in [0.5, 0.6) is 5.75 Å². The van der Waals surface area contributed by atoms with Crippen LogP contribution < -0.4 is 10.3 Å². The molecule has 0 aliphatic carbocycles. The molecule has 1 aromatic heterocycles. The average Bonchev–Trinajstić information content (AvgIpc) is 2.59. The monoisotopic (exact) mass is 327 g/mol. The van der Waals surface area contributed by atoms with Crippen LogP contribution in [0.4, 0.5) is 0 Å². The van der Waals surface area contributed by atoms with Crippen molar-refractivity contribution in [2.24, 2.45) is 0 Å². The number of benzene rings is 2. The first kappa shape index (κ1) is 15.3. The van der Waals surface area contributed by atoms with Crippen LogP contribution >= 0.6 is 11.6 Å². The van der Waals surface area contributed by atoms with E-state index >= 15 is 0 Å². The van der Waals surface area contributed by atoms with E-state index in [2.05, 4.69) is 4.98 Å². The second-order valence-corrected chi connectivity index (χ2v) is 5.33. The molecule has 0 spiro atoms. The van der Waals surface area contributed by atoms with Gasteiger partial charge in [-0.3, -0.25) is 9.59 Å². The first-order valence-electron chi connectivity index (χ1n) is 7.11. The van der Waals surface area contributed by atoms with Gasteiger partial charge in [-0.2, -0.15) is 0 Å². The molecule has 0 saturated heterocycles. The van der Waals surface area contributed by atoms with Gasteiger partial charge in [-0.05, 0) is 17.7 Å². The lowest BCUT2D eigenvalue weighted by molar-refractivity contribution is 0.101. The Morgan fingerprint density at radius 3 is 2.52 bits per heavy atom. The van der Waals surface area contributed by atoms with Gasteiger partial charge in [-0.1, -0.05) is 36.4 Å². The molecule has 0 bridgehead atoms. The number of H-pyrrole nitrogens is 1. The zero-order valence-corrected chi connectivity index (χ0v) is 13.0. The number of ether oxygens (including phenoxy) is 1. The van der Waals surface area contributed by atoms with E-state index in [-0.39, 0.29) is 17.2 Å². The molecule has 0 unspecified atom stereocenters. The molecule has 3 rings (SSSR count). The molecule has 0 amide bonds. The Kier molecular flexibility index (Phi) is 4.44. The number of pyridine rings is 1. The first-order valence-corrected chi connectivity index (χ1v) is 7.64. The number of hydrogen-bond donors (Lipinski definition) is 1. The number of fused-ring (bicyclic) bond motifs is 1. The van der Waals surface area contributed by atoms with Crippen molar-refractivity contribution in [2.45, 2.75) is 6.61 Å². The van der Waals surface area contributed by atoms with Gasteiger partial charge < -0.3 is 9.72 Å². The van der Waals surface area contributed by atoms with Crippen LogP contribution in [-0.4, -0.2) is 16.6 Å². The summed E-state index contributed by atoms with van der Waals surface area (Å²) < 4.78 is 5.86. The van der Waals surface area contributed by atoms with Crippen LogP contribution in [0.1, 0.15) is 15.9 Å². The van der Waals surface area contributed by atoms with Crippen LogP contribution in [0, 0.1) is 0 Å². The van der Waals surface area contributed by atoms with Gasteiger partial charge in [0.2, 0.25) is 5.56 Å². The predicted octanol–water partition coefficient (Wildman–Crippen LogP) is 3.53. The summed E-state index contributed by atoms with van der Waals surface area (Å²) in [4.78, 5) is 26.4. The lowest BCUT2D eigenvalue weighted by Gasteiger charge is -2.13. The van der Waals surface area contributed by atoms with Crippen LogP contribution in [0.2, 0.25) is 0 Å². The molecule has 0 fully saturated rings. The van der Waals surface area contributed by atoms with E-state index in [9.17, 15) is 9.59 Å². The average molecular weight is 328 g/mol. The van der Waals surface area contributed by atoms with E-state index < -0.39 is 0 Å². The van der Waals surface area contributed by atoms with Crippen molar-refractivity contribution in [3.05, 3.63) is 76.1 Å². The maximum absolute atomic E-state index is 12.1. The van der Waals surface area contributed by atoms with Crippen molar-refractivity contribution in [3.8, 4) is 5.75 Å². The number of Topliss-reactive ketones (excluding diaryl/α,β-unsaturated/α-hetero) is 1. The highest BCUT2D eigenvalue weighted by Gasteiger charge is 2.16. The minimum atomic E-state index is -0.252. The second kappa shape index (κ2) is 6.67. The summed E-state index contributed by atoms with van der Waals surface area (Å²) in [6, 6.07) is 16.2. The fourth-order valence-electron chi connectivity index (χ4n) is 2.37. The maximum atomic E-state index is 12.1. The zero-order chi connectivity index (χ0) is 16.2. The van der Waals surface area contributed by atoms with Gasteiger partial charge in [0.05, 0.1) is 17.0 Å². The Bertz CT molecular complexity index is 903. The van der Waals surface area contributed by atoms with E-state index in [1.807, 2.05) is 30.3 Å². The van der Waals surface area contributed by atoms with Gasteiger partial charge in [-0.25, -0.2) is 0 Å². The summed E-state index contributed by atoms with van der Waals surface area (Å²) in [5.74, 6) is -0.0411. The van der Waals surface area contributed by atoms with Crippen LogP contribution in [-0.2, 0) is 6.61 Å². The van der Waals surface area contributed by atoms with E-state index in [4.69, 9.17) is 16.3 Å². The van der Waals surface area contributed by atoms with Gasteiger partial charge >= 0.3 is 0 Å². The van der Waals surface area contributed by atoms with E-state index in [1.165, 1.54) is 6.07 Å². The lowest BCUT2D eigenvalue weighted by Crippen LogP contribution is -2.09. The van der Waals surface area contributed by atoms with Gasteiger partial charge in [0.25, 0.3) is 0 Å². The van der Waals surface area contributed by atoms with Crippen molar-refractivity contribution in [1.82, 2.24) is 4.98 Å². The number of rotatable bonds is 5. The zero-order valence-electron chi connectivity index (χ0n) is 12.2. The van der Waals surface area contributed by atoms with Gasteiger partial charge in [-0.15, -0.1) is 11.6 Å². The van der Waals surface area contributed by atoms with Crippen molar-refractivity contribution in [3.63, 3.8) is 0 Å². The normalized spacial score (nSPS) is 10.7. The Morgan fingerprint density at radius 1 is 1.04 bits per heavy atom. The molecule has 0 aliphatic heterocycles. The third kappa shape index (κ3) is 3.27. The standard InChI is InChI=1S/C18H14ClNO3/c19-10-15(21)14-8-6-13-7-9-16(22)20-17(13)18(14)23-11-12-4-2-1-3-5-12/h1-9H,10-11H2,(H,20,22). The number of carbonyl (C=O) groups is 1. The molecule has 2 aromatic carbocycles. The Hall–Kier alpha value is -2.59. The fraction of sp³-hybridized carbons (Fsp3) is 0.111. The maximum Gasteiger partial charge on any atom is 0.248 e. The molecular weight excluding hydrogens is 314 g/mol. The highest BCUT2D eigenvalue weighted by molar-refractivity contribution is 6.31. The summed E-state index contributed by atoms with van der Waals surface area (Å²) in [7, 11) is 0.